The van der Waals surface area contributed by atoms with Crippen molar-refractivity contribution < 1.29 is 9.84 Å². The van der Waals surface area contributed by atoms with Crippen LogP contribution in [0.25, 0.3) is 11.0 Å². The lowest BCUT2D eigenvalue weighted by atomic mass is 10.2. The van der Waals surface area contributed by atoms with E-state index in [9.17, 15) is 0 Å². The smallest absolute Gasteiger partial charge is 0.119 e. The molecule has 0 unspecified atom stereocenters. The lowest BCUT2D eigenvalue weighted by Crippen LogP contribution is -2.08. The van der Waals surface area contributed by atoms with Gasteiger partial charge in [-0.2, -0.15) is 0 Å². The van der Waals surface area contributed by atoms with Gasteiger partial charge in [0.1, 0.15) is 11.6 Å². The molecule has 1 N–H and O–H groups in total. The zero-order chi connectivity index (χ0) is 16.8. The topological polar surface area (TPSA) is 47.3 Å². The number of nitrogens with zero attached hydrogens (tertiary/aromatic N) is 2. The molecule has 0 saturated carbocycles. The van der Waals surface area contributed by atoms with Crippen LogP contribution in [0, 0.1) is 6.92 Å². The van der Waals surface area contributed by atoms with Gasteiger partial charge in [-0.05, 0) is 44.0 Å². The first-order valence-corrected chi connectivity index (χ1v) is 8.52. The maximum Gasteiger partial charge on any atom is 0.119 e. The van der Waals surface area contributed by atoms with Crippen LogP contribution in [0.2, 0.25) is 0 Å². The van der Waals surface area contributed by atoms with Crippen LogP contribution in [0.15, 0.2) is 48.5 Å². The number of para-hydroxylation sites is 2. The molecule has 0 spiro atoms. The maximum absolute atomic E-state index is 9.10. The summed E-state index contributed by atoms with van der Waals surface area (Å²) >= 11 is 0. The predicted molar refractivity (Wildman–Crippen MR) is 96.4 cm³/mol. The van der Waals surface area contributed by atoms with E-state index >= 15 is 0 Å². The highest BCUT2D eigenvalue weighted by Crippen LogP contribution is 2.18. The van der Waals surface area contributed by atoms with Gasteiger partial charge in [0.2, 0.25) is 0 Å². The van der Waals surface area contributed by atoms with Gasteiger partial charge in [-0.15, -0.1) is 0 Å². The molecule has 0 fully saturated rings. The molecule has 4 heteroatoms. The Hall–Kier alpha value is -2.33. The summed E-state index contributed by atoms with van der Waals surface area (Å²) in [6, 6.07) is 16.3. The zero-order valence-corrected chi connectivity index (χ0v) is 14.1. The zero-order valence-electron chi connectivity index (χ0n) is 14.1. The Kier molecular flexibility index (Phi) is 5.49. The molecule has 0 bridgehead atoms. The minimum absolute atomic E-state index is 0.194. The molecule has 1 aromatic heterocycles. The van der Waals surface area contributed by atoms with Crippen molar-refractivity contribution >= 4 is 11.0 Å². The Balaban J connectivity index is 1.64. The summed E-state index contributed by atoms with van der Waals surface area (Å²) in [6.45, 7) is 3.81. The summed E-state index contributed by atoms with van der Waals surface area (Å²) < 4.78 is 8.07. The number of aryl methyl sites for hydroxylation is 3. The highest BCUT2D eigenvalue weighted by molar-refractivity contribution is 5.75. The molecule has 0 radical (unpaired) electrons. The molecule has 0 amide bonds. The second-order valence-electron chi connectivity index (χ2n) is 6.01. The normalized spacial score (nSPS) is 11.1. The number of rotatable bonds is 8. The van der Waals surface area contributed by atoms with Gasteiger partial charge in [0, 0.05) is 19.6 Å². The summed E-state index contributed by atoms with van der Waals surface area (Å²) in [6.07, 6.45) is 2.45. The lowest BCUT2D eigenvalue weighted by molar-refractivity contribution is 0.285. The number of hydrogen-bond acceptors (Lipinski definition) is 3. The van der Waals surface area contributed by atoms with Crippen molar-refractivity contribution in [2.75, 3.05) is 13.2 Å². The van der Waals surface area contributed by atoms with Gasteiger partial charge in [0.25, 0.3) is 0 Å². The first-order chi connectivity index (χ1) is 11.8. The van der Waals surface area contributed by atoms with E-state index in [1.54, 1.807) is 0 Å². The van der Waals surface area contributed by atoms with Crippen molar-refractivity contribution in [3.63, 3.8) is 0 Å². The molecule has 1 heterocycles. The number of aliphatic hydroxyl groups excluding tert-OH is 1. The summed E-state index contributed by atoms with van der Waals surface area (Å²) in [5.74, 6) is 1.96. The fraction of sp³-hybridized carbons (Fsp3) is 0.350. The van der Waals surface area contributed by atoms with E-state index < -0.39 is 0 Å². The molecule has 0 aliphatic heterocycles. The van der Waals surface area contributed by atoms with E-state index in [-0.39, 0.29) is 6.61 Å². The van der Waals surface area contributed by atoms with E-state index in [0.717, 1.165) is 48.4 Å². The van der Waals surface area contributed by atoms with Gasteiger partial charge in [0.05, 0.1) is 17.6 Å². The van der Waals surface area contributed by atoms with Crippen LogP contribution >= 0.6 is 0 Å². The highest BCUT2D eigenvalue weighted by atomic mass is 16.5. The third-order valence-electron chi connectivity index (χ3n) is 4.11. The van der Waals surface area contributed by atoms with E-state index in [2.05, 4.69) is 29.7 Å². The van der Waals surface area contributed by atoms with Crippen molar-refractivity contribution in [1.29, 1.82) is 0 Å². The largest absolute Gasteiger partial charge is 0.494 e. The second-order valence-corrected chi connectivity index (χ2v) is 6.01. The highest BCUT2D eigenvalue weighted by Gasteiger charge is 2.09. The summed E-state index contributed by atoms with van der Waals surface area (Å²) in [5, 5.41) is 9.10. The van der Waals surface area contributed by atoms with E-state index in [4.69, 9.17) is 14.8 Å². The van der Waals surface area contributed by atoms with Crippen LogP contribution in [-0.2, 0) is 13.0 Å². The third-order valence-corrected chi connectivity index (χ3v) is 4.11. The van der Waals surface area contributed by atoms with Crippen LogP contribution in [0.3, 0.4) is 0 Å². The molecule has 0 aliphatic carbocycles. The van der Waals surface area contributed by atoms with E-state index in [0.29, 0.717) is 6.61 Å². The second kappa shape index (κ2) is 7.97. The number of hydrogen-bond donors (Lipinski definition) is 1. The number of fused-ring (bicyclic) bond motifs is 1. The first kappa shape index (κ1) is 16.5. The van der Waals surface area contributed by atoms with Gasteiger partial charge in [-0.25, -0.2) is 4.98 Å². The average Bonchev–Trinajstić information content (AvgIpc) is 2.96. The van der Waals surface area contributed by atoms with Gasteiger partial charge >= 0.3 is 0 Å². The van der Waals surface area contributed by atoms with Crippen molar-refractivity contribution in [1.82, 2.24) is 9.55 Å². The van der Waals surface area contributed by atoms with E-state index in [1.807, 2.05) is 30.3 Å². The fourth-order valence-corrected chi connectivity index (χ4v) is 2.85. The third kappa shape index (κ3) is 3.95. The van der Waals surface area contributed by atoms with Crippen LogP contribution in [-0.4, -0.2) is 27.9 Å². The van der Waals surface area contributed by atoms with Crippen molar-refractivity contribution in [2.45, 2.75) is 32.7 Å². The predicted octanol–water partition coefficient (Wildman–Crippen LogP) is 3.74. The van der Waals surface area contributed by atoms with Gasteiger partial charge in [-0.1, -0.05) is 29.8 Å². The van der Waals surface area contributed by atoms with Crippen LogP contribution in [0.5, 0.6) is 5.75 Å². The van der Waals surface area contributed by atoms with Crippen molar-refractivity contribution in [3.8, 4) is 5.75 Å². The molecule has 3 rings (SSSR count). The number of imidazole rings is 1. The fourth-order valence-electron chi connectivity index (χ4n) is 2.85. The van der Waals surface area contributed by atoms with Gasteiger partial charge < -0.3 is 14.4 Å². The van der Waals surface area contributed by atoms with Crippen LogP contribution in [0.1, 0.15) is 24.2 Å². The minimum Gasteiger partial charge on any atom is -0.494 e. The van der Waals surface area contributed by atoms with Gasteiger partial charge in [0.15, 0.2) is 0 Å². The van der Waals surface area contributed by atoms with Crippen molar-refractivity contribution in [3.05, 3.63) is 59.9 Å². The Morgan fingerprint density at radius 1 is 1.04 bits per heavy atom. The summed E-state index contributed by atoms with van der Waals surface area (Å²) in [5.41, 5.74) is 3.41. The Labute approximate surface area is 142 Å². The monoisotopic (exact) mass is 324 g/mol. The molecule has 0 aliphatic rings. The van der Waals surface area contributed by atoms with E-state index in [1.165, 1.54) is 5.56 Å². The molecular formula is C20H24N2O2. The summed E-state index contributed by atoms with van der Waals surface area (Å²) in [4.78, 5) is 4.71. The number of aliphatic hydroxyl groups is 1. The van der Waals surface area contributed by atoms with Gasteiger partial charge in [-0.3, -0.25) is 0 Å². The first-order valence-electron chi connectivity index (χ1n) is 8.52. The van der Waals surface area contributed by atoms with Crippen molar-refractivity contribution in [2.24, 2.45) is 0 Å². The Morgan fingerprint density at radius 2 is 1.83 bits per heavy atom. The minimum atomic E-state index is 0.194. The molecule has 24 heavy (non-hydrogen) atoms. The summed E-state index contributed by atoms with van der Waals surface area (Å²) in [7, 11) is 0. The van der Waals surface area contributed by atoms with Crippen LogP contribution < -0.4 is 4.74 Å². The van der Waals surface area contributed by atoms with Crippen LogP contribution in [0.4, 0.5) is 0 Å². The Bertz CT molecular complexity index is 778. The molecular weight excluding hydrogens is 300 g/mol. The molecule has 0 atom stereocenters. The molecule has 4 nitrogen and oxygen atoms in total. The molecule has 126 valence electrons. The number of benzene rings is 2. The molecule has 0 saturated heterocycles. The number of aromatic nitrogens is 2. The maximum atomic E-state index is 9.10. The SMILES string of the molecule is Cc1ccc(OCCCn2c(CCCO)nc3ccccc32)cc1. The quantitative estimate of drug-likeness (QED) is 0.642. The Morgan fingerprint density at radius 3 is 2.62 bits per heavy atom. The average molecular weight is 324 g/mol. The molecule has 3 aromatic rings. The standard InChI is InChI=1S/C20H24N2O2/c1-16-9-11-17(12-10-16)24-15-5-13-22-19-7-3-2-6-18(19)21-20(22)8-4-14-23/h2-3,6-7,9-12,23H,4-5,8,13-15H2,1H3. The number of ether oxygens (including phenoxy) is 1. The lowest BCUT2D eigenvalue weighted by Gasteiger charge is -2.10. The molecule has 2 aromatic carbocycles.